The Morgan fingerprint density at radius 1 is 1.40 bits per heavy atom. The zero-order valence-corrected chi connectivity index (χ0v) is 14.2. The quantitative estimate of drug-likeness (QED) is 0.746. The molecule has 2 heterocycles. The van der Waals surface area contributed by atoms with E-state index in [1.54, 1.807) is 0 Å². The molecule has 0 atom stereocenters. The molecular formula is C11H14BrClN4O2S. The molecule has 0 aromatic carbocycles. The highest BCUT2D eigenvalue weighted by Gasteiger charge is 2.17. The number of aryl methyl sites for hydroxylation is 2. The summed E-state index contributed by atoms with van der Waals surface area (Å²) in [6.07, 6.45) is 3.47. The van der Waals surface area contributed by atoms with Gasteiger partial charge in [0.25, 0.3) is 9.05 Å². The average Bonchev–Trinajstić information content (AvgIpc) is 2.96. The van der Waals surface area contributed by atoms with E-state index in [2.05, 4.69) is 26.1 Å². The second-order valence-electron chi connectivity index (χ2n) is 4.19. The Morgan fingerprint density at radius 2 is 2.10 bits per heavy atom. The Labute approximate surface area is 130 Å². The first-order chi connectivity index (χ1) is 9.36. The predicted molar refractivity (Wildman–Crippen MR) is 79.3 cm³/mol. The lowest BCUT2D eigenvalue weighted by Gasteiger charge is -2.05. The number of halogens is 2. The van der Waals surface area contributed by atoms with Crippen LogP contribution in [-0.4, -0.2) is 28.0 Å². The van der Waals surface area contributed by atoms with Gasteiger partial charge in [0.2, 0.25) is 0 Å². The van der Waals surface area contributed by atoms with Gasteiger partial charge < -0.3 is 0 Å². The highest BCUT2D eigenvalue weighted by molar-refractivity contribution is 9.10. The Morgan fingerprint density at radius 3 is 2.60 bits per heavy atom. The molecule has 0 bridgehead atoms. The van der Waals surface area contributed by atoms with Crippen molar-refractivity contribution in [2.24, 2.45) is 0 Å². The normalized spacial score (nSPS) is 12.0. The molecular weight excluding hydrogens is 368 g/mol. The van der Waals surface area contributed by atoms with Crippen LogP contribution in [-0.2, 0) is 28.6 Å². The van der Waals surface area contributed by atoms with Gasteiger partial charge in [0.15, 0.2) is 0 Å². The summed E-state index contributed by atoms with van der Waals surface area (Å²) in [7, 11) is 1.54. The lowest BCUT2D eigenvalue weighted by atomic mass is 10.3. The summed E-state index contributed by atoms with van der Waals surface area (Å²) in [6, 6.07) is 0. The third kappa shape index (κ3) is 3.07. The third-order valence-electron chi connectivity index (χ3n) is 2.90. The van der Waals surface area contributed by atoms with Crippen LogP contribution < -0.4 is 0 Å². The largest absolute Gasteiger partial charge is 0.267 e. The van der Waals surface area contributed by atoms with Gasteiger partial charge in [-0.3, -0.25) is 9.36 Å². The van der Waals surface area contributed by atoms with Crippen molar-refractivity contribution in [3.63, 3.8) is 0 Å². The van der Waals surface area contributed by atoms with E-state index in [1.807, 2.05) is 18.5 Å². The molecule has 6 nitrogen and oxygen atoms in total. The van der Waals surface area contributed by atoms with Gasteiger partial charge in [-0.1, -0.05) is 6.92 Å². The van der Waals surface area contributed by atoms with Crippen molar-refractivity contribution in [3.8, 4) is 0 Å². The summed E-state index contributed by atoms with van der Waals surface area (Å²) < 4.78 is 26.8. The summed E-state index contributed by atoms with van der Waals surface area (Å²) in [6.45, 7) is 5.19. The summed E-state index contributed by atoms with van der Waals surface area (Å²) >= 11 is 3.54. The van der Waals surface area contributed by atoms with Crippen molar-refractivity contribution in [2.45, 2.75) is 38.3 Å². The number of hydrogen-bond acceptors (Lipinski definition) is 4. The van der Waals surface area contributed by atoms with Gasteiger partial charge in [0.05, 0.1) is 28.6 Å². The van der Waals surface area contributed by atoms with Gasteiger partial charge in [-0.25, -0.2) is 8.42 Å². The predicted octanol–water partition coefficient (Wildman–Crippen LogP) is 2.40. The molecule has 110 valence electrons. The minimum atomic E-state index is -3.74. The van der Waals surface area contributed by atoms with Gasteiger partial charge in [0.1, 0.15) is 4.90 Å². The van der Waals surface area contributed by atoms with Gasteiger partial charge in [-0.15, -0.1) is 0 Å². The number of aromatic nitrogens is 4. The molecule has 0 saturated heterocycles. The fourth-order valence-corrected chi connectivity index (χ4v) is 3.23. The standard InChI is InChI=1S/C11H14BrClN4O2S/c1-3-9-11(12)10(17(4-2)15-9)7-16-6-8(5-14-16)20(13,18)19/h5-6H,3-4,7H2,1-2H3. The molecule has 0 amide bonds. The number of rotatable bonds is 5. The number of hydrogen-bond donors (Lipinski definition) is 0. The molecule has 0 aliphatic carbocycles. The van der Waals surface area contributed by atoms with E-state index in [-0.39, 0.29) is 4.90 Å². The van der Waals surface area contributed by atoms with E-state index in [0.29, 0.717) is 6.54 Å². The van der Waals surface area contributed by atoms with Crippen LogP contribution in [0.4, 0.5) is 0 Å². The molecule has 2 aromatic rings. The summed E-state index contributed by atoms with van der Waals surface area (Å²) in [4.78, 5) is -0.00596. The van der Waals surface area contributed by atoms with Crippen LogP contribution in [0.2, 0.25) is 0 Å². The first kappa shape index (κ1) is 15.5. The van der Waals surface area contributed by atoms with Gasteiger partial charge in [0, 0.05) is 23.4 Å². The van der Waals surface area contributed by atoms with Gasteiger partial charge in [-0.05, 0) is 29.3 Å². The molecule has 20 heavy (non-hydrogen) atoms. The Bertz CT molecular complexity index is 723. The number of nitrogens with zero attached hydrogens (tertiary/aromatic N) is 4. The molecule has 0 radical (unpaired) electrons. The molecule has 0 N–H and O–H groups in total. The molecule has 0 aliphatic heterocycles. The monoisotopic (exact) mass is 380 g/mol. The summed E-state index contributed by atoms with van der Waals surface area (Å²) in [5, 5.41) is 8.50. The van der Waals surface area contributed by atoms with Gasteiger partial charge in [-0.2, -0.15) is 10.2 Å². The van der Waals surface area contributed by atoms with Crippen LogP contribution in [0.15, 0.2) is 21.8 Å². The topological polar surface area (TPSA) is 69.8 Å². The van der Waals surface area contributed by atoms with E-state index < -0.39 is 9.05 Å². The highest BCUT2D eigenvalue weighted by Crippen LogP contribution is 2.23. The van der Waals surface area contributed by atoms with Gasteiger partial charge >= 0.3 is 0 Å². The average molecular weight is 382 g/mol. The van der Waals surface area contributed by atoms with Crippen LogP contribution in [0.5, 0.6) is 0 Å². The maximum Gasteiger partial charge on any atom is 0.264 e. The minimum absolute atomic E-state index is 0.00596. The second kappa shape index (κ2) is 5.87. The van der Waals surface area contributed by atoms with Crippen molar-refractivity contribution < 1.29 is 8.42 Å². The van der Waals surface area contributed by atoms with E-state index in [9.17, 15) is 8.42 Å². The van der Waals surface area contributed by atoms with E-state index in [0.717, 1.165) is 28.8 Å². The summed E-state index contributed by atoms with van der Waals surface area (Å²) in [5.74, 6) is 0. The Balaban J connectivity index is 2.35. The van der Waals surface area contributed by atoms with Crippen molar-refractivity contribution in [1.29, 1.82) is 0 Å². The van der Waals surface area contributed by atoms with Crippen LogP contribution in [0, 0.1) is 0 Å². The van der Waals surface area contributed by atoms with E-state index in [1.165, 1.54) is 17.1 Å². The molecule has 2 aromatic heterocycles. The second-order valence-corrected chi connectivity index (χ2v) is 7.55. The van der Waals surface area contributed by atoms with Crippen molar-refractivity contribution >= 4 is 35.7 Å². The van der Waals surface area contributed by atoms with Crippen LogP contribution in [0.1, 0.15) is 25.2 Å². The molecule has 0 aliphatic rings. The van der Waals surface area contributed by atoms with Crippen molar-refractivity contribution in [1.82, 2.24) is 19.6 Å². The molecule has 2 rings (SSSR count). The van der Waals surface area contributed by atoms with Crippen molar-refractivity contribution in [3.05, 3.63) is 28.3 Å². The first-order valence-corrected chi connectivity index (χ1v) is 9.18. The summed E-state index contributed by atoms with van der Waals surface area (Å²) in [5.41, 5.74) is 1.92. The third-order valence-corrected chi connectivity index (χ3v) is 5.12. The molecule has 0 fully saturated rings. The lowest BCUT2D eigenvalue weighted by molar-refractivity contribution is 0.572. The van der Waals surface area contributed by atoms with Crippen molar-refractivity contribution in [2.75, 3.05) is 0 Å². The fourth-order valence-electron chi connectivity index (χ4n) is 1.88. The molecule has 0 saturated carbocycles. The smallest absolute Gasteiger partial charge is 0.264 e. The van der Waals surface area contributed by atoms with Crippen LogP contribution >= 0.6 is 26.6 Å². The SMILES string of the molecule is CCc1nn(CC)c(Cn2cc(S(=O)(=O)Cl)cn2)c1Br. The van der Waals surface area contributed by atoms with Crippen LogP contribution in [0.3, 0.4) is 0 Å². The van der Waals surface area contributed by atoms with Crippen LogP contribution in [0.25, 0.3) is 0 Å². The van der Waals surface area contributed by atoms with E-state index in [4.69, 9.17) is 10.7 Å². The van der Waals surface area contributed by atoms with E-state index >= 15 is 0 Å². The zero-order valence-electron chi connectivity index (χ0n) is 11.0. The first-order valence-electron chi connectivity index (χ1n) is 6.08. The zero-order chi connectivity index (χ0) is 14.9. The maximum absolute atomic E-state index is 11.2. The minimum Gasteiger partial charge on any atom is -0.267 e. The fraction of sp³-hybridized carbons (Fsp3) is 0.455. The maximum atomic E-state index is 11.2. The Kier molecular flexibility index (Phi) is 4.55. The molecule has 9 heteroatoms. The molecule has 0 unspecified atom stereocenters. The molecule has 0 spiro atoms. The highest BCUT2D eigenvalue weighted by atomic mass is 79.9. The Hall–Kier alpha value is -0.860. The lowest BCUT2D eigenvalue weighted by Crippen LogP contribution is -2.08.